The summed E-state index contributed by atoms with van der Waals surface area (Å²) in [5.41, 5.74) is 9.82. The van der Waals surface area contributed by atoms with Crippen LogP contribution in [0, 0.1) is 0 Å². The van der Waals surface area contributed by atoms with Crippen molar-refractivity contribution in [2.75, 3.05) is 103 Å². The predicted molar refractivity (Wildman–Crippen MR) is 410 cm³/mol. The summed E-state index contributed by atoms with van der Waals surface area (Å²) in [7, 11) is 16.5. The maximum absolute atomic E-state index is 12.7. The van der Waals surface area contributed by atoms with Crippen LogP contribution in [0.4, 0.5) is 0 Å². The third kappa shape index (κ3) is 28.0. The lowest BCUT2D eigenvalue weighted by atomic mass is 10.0. The average molecular weight is 1430 g/mol. The Morgan fingerprint density at radius 1 is 0.286 bits per heavy atom. The molecule has 552 valence electrons. The maximum Gasteiger partial charge on any atom is 0.338 e. The molecule has 0 spiro atoms. The van der Waals surface area contributed by atoms with Crippen molar-refractivity contribution in [3.8, 4) is 34.5 Å². The average Bonchev–Trinajstić information content (AvgIpc) is 0.874. The monoisotopic (exact) mass is 1430 g/mol. The zero-order chi connectivity index (χ0) is 75.6. The van der Waals surface area contributed by atoms with E-state index in [1.807, 2.05) is 148 Å². The summed E-state index contributed by atoms with van der Waals surface area (Å²) in [6.45, 7) is 6.73. The van der Waals surface area contributed by atoms with E-state index in [0.717, 1.165) is 89.7 Å². The minimum absolute atomic E-state index is 0.0468. The van der Waals surface area contributed by atoms with Crippen molar-refractivity contribution in [1.29, 1.82) is 0 Å². The van der Waals surface area contributed by atoms with Gasteiger partial charge in [-0.1, -0.05) is 127 Å². The first-order valence-electron chi connectivity index (χ1n) is 35.0. The summed E-state index contributed by atoms with van der Waals surface area (Å²) >= 11 is 0. The molecule has 1 unspecified atom stereocenters. The SMILES string of the molecule is COc1ccc(CCc2ccccc2OCC(CN(C)C)OC(=O)c2ccc(C(C)=O)cc2)cc1.COc1ccc(CCc2ccccc2OC[C@@H](CN(C)C)OC(=O)c2ccc(C(C)=O)cc2)cc1.COc1ccc(CCc2ccccc2OC[C@H](CN(C)C)OC(=O)c2ccc(C(C)=O)cc2)cc1. The summed E-state index contributed by atoms with van der Waals surface area (Å²) < 4.78 is 51.4. The van der Waals surface area contributed by atoms with Gasteiger partial charge in [-0.25, -0.2) is 14.4 Å². The van der Waals surface area contributed by atoms with Crippen LogP contribution in [0.2, 0.25) is 0 Å². The molecule has 105 heavy (non-hydrogen) atoms. The quantitative estimate of drug-likeness (QED) is 0.0204. The van der Waals surface area contributed by atoms with E-state index in [4.69, 9.17) is 42.6 Å². The van der Waals surface area contributed by atoms with Crippen LogP contribution >= 0.6 is 0 Å². The fourth-order valence-electron chi connectivity index (χ4n) is 11.1. The topological polar surface area (TPSA) is 195 Å². The Morgan fingerprint density at radius 2 is 0.505 bits per heavy atom. The van der Waals surface area contributed by atoms with Crippen LogP contribution in [0.3, 0.4) is 0 Å². The van der Waals surface area contributed by atoms with Gasteiger partial charge < -0.3 is 57.3 Å². The second kappa shape index (κ2) is 42.6. The Morgan fingerprint density at radius 3 is 0.714 bits per heavy atom. The van der Waals surface area contributed by atoms with E-state index in [1.54, 1.807) is 94.1 Å². The van der Waals surface area contributed by atoms with Gasteiger partial charge in [0.05, 0.1) is 38.0 Å². The van der Waals surface area contributed by atoms with Crippen LogP contribution in [-0.4, -0.2) is 171 Å². The number of hydrogen-bond donors (Lipinski definition) is 0. The van der Waals surface area contributed by atoms with E-state index in [1.165, 1.54) is 37.5 Å². The second-order valence-corrected chi connectivity index (χ2v) is 26.1. The zero-order valence-corrected chi connectivity index (χ0v) is 62.5. The Bertz CT molecular complexity index is 3750. The van der Waals surface area contributed by atoms with E-state index in [2.05, 4.69) is 54.6 Å². The van der Waals surface area contributed by atoms with E-state index in [-0.39, 0.29) is 37.2 Å². The van der Waals surface area contributed by atoms with Crippen molar-refractivity contribution in [2.45, 2.75) is 77.6 Å². The standard InChI is InChI=1S/3C29H33NO5/c3*1-21(31)23-13-15-25(16-14-23)29(32)35-27(19-30(2)3)20-34-28-8-6-5-7-24(28)12-9-22-10-17-26(33-4)18-11-22/h3*5-8,10-11,13-18,27H,9,12,19-20H2,1-4H3/t2*27-;/m10./s1. The number of ether oxygens (including phenoxy) is 9. The maximum atomic E-state index is 12.7. The summed E-state index contributed by atoms with van der Waals surface area (Å²) in [6, 6.07) is 67.5. The Hall–Kier alpha value is -10.9. The largest absolute Gasteiger partial charge is 0.497 e. The number of methoxy groups -OCH3 is 3. The van der Waals surface area contributed by atoms with Crippen LogP contribution in [0.15, 0.2) is 218 Å². The molecule has 0 saturated carbocycles. The van der Waals surface area contributed by atoms with Crippen LogP contribution in [-0.2, 0) is 52.7 Å². The Labute approximate surface area is 618 Å². The Balaban J connectivity index is 0.000000220. The Kier molecular flexibility index (Phi) is 33.0. The van der Waals surface area contributed by atoms with Gasteiger partial charge in [0.25, 0.3) is 0 Å². The van der Waals surface area contributed by atoms with Crippen molar-refractivity contribution in [3.05, 3.63) is 285 Å². The number of nitrogens with zero attached hydrogens (tertiary/aromatic N) is 3. The molecule has 18 nitrogen and oxygen atoms in total. The zero-order valence-electron chi connectivity index (χ0n) is 62.5. The molecule has 3 atom stereocenters. The van der Waals surface area contributed by atoms with Gasteiger partial charge in [-0.05, 0) is 226 Å². The second-order valence-electron chi connectivity index (χ2n) is 26.1. The number of carbonyl (C=O) groups is 6. The molecule has 0 heterocycles. The third-order valence-corrected chi connectivity index (χ3v) is 16.8. The highest BCUT2D eigenvalue weighted by atomic mass is 16.6. The third-order valence-electron chi connectivity index (χ3n) is 16.8. The number of hydrogen-bond acceptors (Lipinski definition) is 18. The number of esters is 3. The molecule has 0 bridgehead atoms. The van der Waals surface area contributed by atoms with Crippen molar-refractivity contribution in [3.63, 3.8) is 0 Å². The van der Waals surface area contributed by atoms with Crippen LogP contribution in [0.1, 0.15) is 116 Å². The lowest BCUT2D eigenvalue weighted by Crippen LogP contribution is -2.35. The molecule has 0 saturated heterocycles. The van der Waals surface area contributed by atoms with Crippen molar-refractivity contribution in [1.82, 2.24) is 14.7 Å². The van der Waals surface area contributed by atoms with E-state index < -0.39 is 36.2 Å². The van der Waals surface area contributed by atoms with Crippen LogP contribution < -0.4 is 28.4 Å². The van der Waals surface area contributed by atoms with Gasteiger partial charge in [-0.2, -0.15) is 0 Å². The molecule has 0 amide bonds. The fourth-order valence-corrected chi connectivity index (χ4v) is 11.1. The molecule has 9 aromatic rings. The van der Waals surface area contributed by atoms with Gasteiger partial charge in [-0.3, -0.25) is 14.4 Å². The molecule has 9 rings (SSSR count). The predicted octanol–water partition coefficient (Wildman–Crippen LogP) is 14.5. The van der Waals surface area contributed by atoms with Crippen LogP contribution in [0.5, 0.6) is 34.5 Å². The smallest absolute Gasteiger partial charge is 0.338 e. The number of para-hydroxylation sites is 3. The number of likely N-dealkylation sites (N-methyl/N-ethyl adjacent to an activating group) is 3. The first-order valence-corrected chi connectivity index (χ1v) is 35.0. The highest BCUT2D eigenvalue weighted by Gasteiger charge is 2.23. The lowest BCUT2D eigenvalue weighted by Gasteiger charge is -2.22. The summed E-state index contributed by atoms with van der Waals surface area (Å²) in [6.07, 6.45) is 3.71. The molecule has 0 radical (unpaired) electrons. The fraction of sp³-hybridized carbons (Fsp3) is 0.310. The number of rotatable bonds is 36. The van der Waals surface area contributed by atoms with Gasteiger partial charge in [0.1, 0.15) is 72.6 Å². The molecule has 0 aliphatic heterocycles. The highest BCUT2D eigenvalue weighted by Crippen LogP contribution is 2.26. The summed E-state index contributed by atoms with van der Waals surface area (Å²) in [4.78, 5) is 78.4. The first kappa shape index (κ1) is 81.4. The van der Waals surface area contributed by atoms with Gasteiger partial charge in [0.15, 0.2) is 17.3 Å². The minimum Gasteiger partial charge on any atom is -0.497 e. The van der Waals surface area contributed by atoms with E-state index in [9.17, 15) is 28.8 Å². The van der Waals surface area contributed by atoms with Crippen molar-refractivity contribution >= 4 is 35.3 Å². The number of ketones is 3. The summed E-state index contributed by atoms with van der Waals surface area (Å²) in [5.74, 6) is 3.41. The minimum atomic E-state index is -0.459. The molecule has 0 aliphatic carbocycles. The molecule has 0 aromatic heterocycles. The molecular formula is C87H99N3O15. The highest BCUT2D eigenvalue weighted by molar-refractivity contribution is 5.97. The molecule has 9 aromatic carbocycles. The van der Waals surface area contributed by atoms with E-state index >= 15 is 0 Å². The number of carbonyl (C=O) groups excluding carboxylic acids is 6. The normalized spacial score (nSPS) is 11.7. The molecule has 0 N–H and O–H groups in total. The molecule has 0 fully saturated rings. The number of aryl methyl sites for hydroxylation is 6. The molecular weight excluding hydrogens is 1330 g/mol. The van der Waals surface area contributed by atoms with Gasteiger partial charge in [0, 0.05) is 36.3 Å². The number of benzene rings is 9. The van der Waals surface area contributed by atoms with Crippen LogP contribution in [0.25, 0.3) is 0 Å². The first-order chi connectivity index (χ1) is 50.6. The lowest BCUT2D eigenvalue weighted by molar-refractivity contribution is 0.00958. The van der Waals surface area contributed by atoms with E-state index in [0.29, 0.717) is 53.0 Å². The van der Waals surface area contributed by atoms with Gasteiger partial charge in [0.2, 0.25) is 0 Å². The van der Waals surface area contributed by atoms with Gasteiger partial charge >= 0.3 is 17.9 Å². The molecule has 0 aliphatic rings. The van der Waals surface area contributed by atoms with Gasteiger partial charge in [-0.15, -0.1) is 0 Å². The molecule has 18 heteroatoms. The van der Waals surface area contributed by atoms with Crippen molar-refractivity contribution < 1.29 is 71.4 Å². The number of Topliss-reactive ketones (excluding diaryl/α,β-unsaturated/α-hetero) is 3. The summed E-state index contributed by atoms with van der Waals surface area (Å²) in [5, 5.41) is 0. The van der Waals surface area contributed by atoms with Crippen molar-refractivity contribution in [2.24, 2.45) is 0 Å².